The Morgan fingerprint density at radius 2 is 1.90 bits per heavy atom. The first-order chi connectivity index (χ1) is 9.92. The van der Waals surface area contributed by atoms with Gasteiger partial charge in [-0.25, -0.2) is 5.43 Å². The lowest BCUT2D eigenvalue weighted by molar-refractivity contribution is -0.275. The molecule has 2 aromatic rings. The number of para-hydroxylation sites is 1. The lowest BCUT2D eigenvalue weighted by Gasteiger charge is -2.21. The molecule has 0 aliphatic rings. The van der Waals surface area contributed by atoms with E-state index in [1.54, 1.807) is 31.3 Å². The van der Waals surface area contributed by atoms with E-state index in [9.17, 15) is 13.2 Å². The topological polar surface area (TPSA) is 60.2 Å². The number of benzene rings is 1. The van der Waals surface area contributed by atoms with E-state index in [1.165, 1.54) is 18.2 Å². The van der Waals surface area contributed by atoms with Crippen molar-refractivity contribution in [3.63, 3.8) is 0 Å². The van der Waals surface area contributed by atoms with Crippen molar-refractivity contribution in [2.24, 2.45) is 5.84 Å². The van der Waals surface area contributed by atoms with Crippen LogP contribution in [-0.2, 0) is 0 Å². The van der Waals surface area contributed by atoms with Crippen molar-refractivity contribution in [3.05, 3.63) is 59.4 Å². The van der Waals surface area contributed by atoms with Crippen LogP contribution in [0.3, 0.4) is 0 Å². The second-order valence-electron chi connectivity index (χ2n) is 4.39. The maximum Gasteiger partial charge on any atom is 0.573 e. The van der Waals surface area contributed by atoms with Crippen LogP contribution in [0.2, 0.25) is 0 Å². The Hall–Kier alpha value is -2.12. The van der Waals surface area contributed by atoms with Crippen LogP contribution in [0.15, 0.2) is 42.6 Å². The molecule has 0 aliphatic heterocycles. The van der Waals surface area contributed by atoms with Gasteiger partial charge in [0.05, 0.1) is 11.7 Å². The number of hydrogen-bond acceptors (Lipinski definition) is 4. The predicted molar refractivity (Wildman–Crippen MR) is 71.3 cm³/mol. The summed E-state index contributed by atoms with van der Waals surface area (Å²) in [6.45, 7) is 1.81. The molecule has 4 nitrogen and oxygen atoms in total. The van der Waals surface area contributed by atoms with E-state index < -0.39 is 12.4 Å². The number of alkyl halides is 3. The van der Waals surface area contributed by atoms with Gasteiger partial charge >= 0.3 is 6.36 Å². The number of pyridine rings is 1. The molecule has 0 fully saturated rings. The Labute approximate surface area is 119 Å². The van der Waals surface area contributed by atoms with Gasteiger partial charge in [-0.2, -0.15) is 0 Å². The van der Waals surface area contributed by atoms with E-state index in [4.69, 9.17) is 5.84 Å². The lowest BCUT2D eigenvalue weighted by atomic mass is 9.99. The van der Waals surface area contributed by atoms with Crippen LogP contribution in [0.4, 0.5) is 13.2 Å². The van der Waals surface area contributed by atoms with Crippen molar-refractivity contribution in [2.75, 3.05) is 0 Å². The fraction of sp³-hybridized carbons (Fsp3) is 0.214. The standard InChI is InChI=1S/C14H14F3N3O/c1-9-5-4-8-19-12(9)13(20-18)10-6-2-3-7-11(10)21-14(15,16)17/h2-8,13,20H,18H2,1H3. The highest BCUT2D eigenvalue weighted by atomic mass is 19.4. The van der Waals surface area contributed by atoms with Crippen LogP contribution >= 0.6 is 0 Å². The van der Waals surface area contributed by atoms with Crippen LogP contribution < -0.4 is 16.0 Å². The van der Waals surface area contributed by atoms with Crippen molar-refractivity contribution >= 4 is 0 Å². The third-order valence-electron chi connectivity index (χ3n) is 2.95. The van der Waals surface area contributed by atoms with Gasteiger partial charge in [0.2, 0.25) is 0 Å². The molecule has 1 aromatic carbocycles. The molecular formula is C14H14F3N3O. The van der Waals surface area contributed by atoms with Gasteiger partial charge in [-0.15, -0.1) is 13.2 Å². The number of rotatable bonds is 4. The maximum atomic E-state index is 12.5. The van der Waals surface area contributed by atoms with Gasteiger partial charge in [-0.3, -0.25) is 10.8 Å². The van der Waals surface area contributed by atoms with Crippen LogP contribution in [-0.4, -0.2) is 11.3 Å². The zero-order valence-corrected chi connectivity index (χ0v) is 11.2. The summed E-state index contributed by atoms with van der Waals surface area (Å²) < 4.78 is 41.5. The van der Waals surface area contributed by atoms with Gasteiger partial charge < -0.3 is 4.74 Å². The molecule has 21 heavy (non-hydrogen) atoms. The molecule has 1 aromatic heterocycles. The molecule has 2 rings (SSSR count). The van der Waals surface area contributed by atoms with Crippen molar-refractivity contribution in [1.82, 2.24) is 10.4 Å². The minimum absolute atomic E-state index is 0.263. The van der Waals surface area contributed by atoms with Gasteiger partial charge in [-0.1, -0.05) is 24.3 Å². The molecule has 1 heterocycles. The Bertz CT molecular complexity index is 616. The second kappa shape index (κ2) is 6.11. The number of ether oxygens (including phenoxy) is 1. The van der Waals surface area contributed by atoms with Crippen LogP contribution in [0.5, 0.6) is 5.75 Å². The van der Waals surface area contributed by atoms with E-state index in [0.717, 1.165) is 5.56 Å². The van der Waals surface area contributed by atoms with E-state index in [0.29, 0.717) is 5.69 Å². The highest BCUT2D eigenvalue weighted by Gasteiger charge is 2.33. The second-order valence-corrected chi connectivity index (χ2v) is 4.39. The highest BCUT2D eigenvalue weighted by Crippen LogP contribution is 2.33. The molecule has 3 N–H and O–H groups in total. The summed E-state index contributed by atoms with van der Waals surface area (Å²) in [5.74, 6) is 5.20. The summed E-state index contributed by atoms with van der Waals surface area (Å²) in [6, 6.07) is 8.67. The summed E-state index contributed by atoms with van der Waals surface area (Å²) in [5, 5.41) is 0. The van der Waals surface area contributed by atoms with Gasteiger partial charge in [0.25, 0.3) is 0 Å². The molecule has 0 radical (unpaired) electrons. The molecule has 0 spiro atoms. The molecule has 0 saturated heterocycles. The molecule has 0 aliphatic carbocycles. The average Bonchev–Trinajstić information content (AvgIpc) is 2.42. The minimum Gasteiger partial charge on any atom is -0.405 e. The van der Waals surface area contributed by atoms with Crippen molar-refractivity contribution in [2.45, 2.75) is 19.3 Å². The first-order valence-electron chi connectivity index (χ1n) is 6.14. The third kappa shape index (κ3) is 3.71. The predicted octanol–water partition coefficient (Wildman–Crippen LogP) is 2.84. The normalized spacial score (nSPS) is 13.0. The summed E-state index contributed by atoms with van der Waals surface area (Å²) in [4.78, 5) is 4.18. The SMILES string of the molecule is Cc1cccnc1C(NN)c1ccccc1OC(F)(F)F. The molecule has 7 heteroatoms. The smallest absolute Gasteiger partial charge is 0.405 e. The van der Waals surface area contributed by atoms with Crippen molar-refractivity contribution in [3.8, 4) is 5.75 Å². The first kappa shape index (κ1) is 15.3. The number of nitrogens with two attached hydrogens (primary N) is 1. The number of halogens is 3. The van der Waals surface area contributed by atoms with Gasteiger partial charge in [0, 0.05) is 11.8 Å². The van der Waals surface area contributed by atoms with E-state index in [-0.39, 0.29) is 11.3 Å². The van der Waals surface area contributed by atoms with Crippen LogP contribution in [0.1, 0.15) is 22.9 Å². The van der Waals surface area contributed by atoms with E-state index >= 15 is 0 Å². The minimum atomic E-state index is -4.77. The zero-order chi connectivity index (χ0) is 15.5. The number of hydrogen-bond donors (Lipinski definition) is 2. The summed E-state index contributed by atoms with van der Waals surface area (Å²) >= 11 is 0. The lowest BCUT2D eigenvalue weighted by Crippen LogP contribution is -2.31. The molecule has 1 atom stereocenters. The molecule has 0 amide bonds. The average molecular weight is 297 g/mol. The largest absolute Gasteiger partial charge is 0.573 e. The highest BCUT2D eigenvalue weighted by molar-refractivity contribution is 5.41. The molecule has 0 saturated carbocycles. The Morgan fingerprint density at radius 3 is 2.52 bits per heavy atom. The quantitative estimate of drug-likeness (QED) is 0.673. The van der Waals surface area contributed by atoms with Crippen LogP contribution in [0.25, 0.3) is 0 Å². The zero-order valence-electron chi connectivity index (χ0n) is 11.2. The number of nitrogens with zero attached hydrogens (tertiary/aromatic N) is 1. The fourth-order valence-corrected chi connectivity index (χ4v) is 2.05. The first-order valence-corrected chi connectivity index (χ1v) is 6.14. The van der Waals surface area contributed by atoms with Gasteiger partial charge in [-0.05, 0) is 24.6 Å². The number of aromatic nitrogens is 1. The number of aryl methyl sites for hydroxylation is 1. The Morgan fingerprint density at radius 1 is 1.19 bits per heavy atom. The van der Waals surface area contributed by atoms with E-state index in [1.807, 2.05) is 0 Å². The molecule has 0 bridgehead atoms. The summed E-state index contributed by atoms with van der Waals surface area (Å²) in [7, 11) is 0. The van der Waals surface area contributed by atoms with Gasteiger partial charge in [0.15, 0.2) is 0 Å². The van der Waals surface area contributed by atoms with Crippen LogP contribution in [0, 0.1) is 6.92 Å². The number of hydrazine groups is 1. The molecular weight excluding hydrogens is 283 g/mol. The van der Waals surface area contributed by atoms with Crippen molar-refractivity contribution in [1.29, 1.82) is 0 Å². The molecule has 112 valence electrons. The Kier molecular flexibility index (Phi) is 4.44. The third-order valence-corrected chi connectivity index (χ3v) is 2.95. The summed E-state index contributed by atoms with van der Waals surface area (Å²) in [6.07, 6.45) is -3.21. The monoisotopic (exact) mass is 297 g/mol. The Balaban J connectivity index is 2.46. The van der Waals surface area contributed by atoms with E-state index in [2.05, 4.69) is 15.1 Å². The molecule has 1 unspecified atom stereocenters. The van der Waals surface area contributed by atoms with Gasteiger partial charge in [0.1, 0.15) is 5.75 Å². The maximum absolute atomic E-state index is 12.5. The van der Waals surface area contributed by atoms with Crippen molar-refractivity contribution < 1.29 is 17.9 Å². The number of nitrogens with one attached hydrogen (secondary N) is 1. The summed E-state index contributed by atoms with van der Waals surface area (Å²) in [5.41, 5.74) is 4.10. The fourth-order valence-electron chi connectivity index (χ4n) is 2.05.